The maximum Gasteiger partial charge on any atom is 0.222 e. The molecular formula is C18H31Cl2N3O2. The van der Waals surface area contributed by atoms with Gasteiger partial charge >= 0.3 is 0 Å². The van der Waals surface area contributed by atoms with E-state index >= 15 is 0 Å². The molecule has 5 nitrogen and oxygen atoms in total. The Balaban J connectivity index is 0.00000288. The number of carbonyl (C=O) groups is 1. The third-order valence-corrected chi connectivity index (χ3v) is 4.67. The molecule has 0 spiro atoms. The molecule has 0 aromatic heterocycles. The molecule has 1 aromatic rings. The summed E-state index contributed by atoms with van der Waals surface area (Å²) in [7, 11) is 1.73. The van der Waals surface area contributed by atoms with Gasteiger partial charge in [-0.3, -0.25) is 9.69 Å². The van der Waals surface area contributed by atoms with Gasteiger partial charge in [0.05, 0.1) is 6.61 Å². The number of nitrogens with two attached hydrogens (primary N) is 1. The number of ether oxygens (including phenoxy) is 1. The number of piperazine rings is 1. The molecule has 1 heterocycles. The quantitative estimate of drug-likeness (QED) is 0.725. The first-order valence-corrected chi connectivity index (χ1v) is 8.49. The maximum atomic E-state index is 12.5. The lowest BCUT2D eigenvalue weighted by molar-refractivity contribution is -0.134. The minimum absolute atomic E-state index is 0. The predicted octanol–water partition coefficient (Wildman–Crippen LogP) is 2.61. The average molecular weight is 392 g/mol. The van der Waals surface area contributed by atoms with Gasteiger partial charge in [-0.2, -0.15) is 0 Å². The van der Waals surface area contributed by atoms with Gasteiger partial charge in [0.15, 0.2) is 0 Å². The van der Waals surface area contributed by atoms with E-state index in [1.807, 2.05) is 29.2 Å². The summed E-state index contributed by atoms with van der Waals surface area (Å²) in [6.07, 6.45) is 2.30. The SMILES string of the molecule is CCC1CN(C(=O)CCc2ccccc2N)CCN1CCOC.Cl.Cl. The van der Waals surface area contributed by atoms with Crippen LogP contribution in [-0.2, 0) is 16.0 Å². The fourth-order valence-corrected chi connectivity index (χ4v) is 3.17. The normalized spacial score (nSPS) is 17.5. The number of amides is 1. The van der Waals surface area contributed by atoms with Gasteiger partial charge in [0.1, 0.15) is 0 Å². The minimum atomic E-state index is 0. The number of halogens is 2. The number of anilines is 1. The number of nitrogens with zero attached hydrogens (tertiary/aromatic N) is 2. The van der Waals surface area contributed by atoms with E-state index in [1.54, 1.807) is 7.11 Å². The molecule has 0 radical (unpaired) electrons. The van der Waals surface area contributed by atoms with Crippen LogP contribution in [0.4, 0.5) is 5.69 Å². The smallest absolute Gasteiger partial charge is 0.222 e. The molecule has 25 heavy (non-hydrogen) atoms. The summed E-state index contributed by atoms with van der Waals surface area (Å²) in [5.74, 6) is 0.234. The molecule has 1 unspecified atom stereocenters. The number of aryl methyl sites for hydroxylation is 1. The van der Waals surface area contributed by atoms with Crippen LogP contribution in [0.5, 0.6) is 0 Å². The van der Waals surface area contributed by atoms with E-state index in [0.29, 0.717) is 18.9 Å². The molecule has 1 saturated heterocycles. The van der Waals surface area contributed by atoms with Crippen molar-refractivity contribution in [2.24, 2.45) is 0 Å². The Hall–Kier alpha value is -1.01. The van der Waals surface area contributed by atoms with Crippen LogP contribution >= 0.6 is 24.8 Å². The molecule has 0 aliphatic carbocycles. The molecule has 2 N–H and O–H groups in total. The van der Waals surface area contributed by atoms with E-state index in [4.69, 9.17) is 10.5 Å². The van der Waals surface area contributed by atoms with Gasteiger partial charge in [-0.25, -0.2) is 0 Å². The molecule has 1 aliphatic heterocycles. The standard InChI is InChI=1S/C18H29N3O2.2ClH/c1-3-16-14-21(11-10-20(16)12-13-23-2)18(22)9-8-15-6-4-5-7-17(15)19;;/h4-7,16H,3,8-14,19H2,1-2H3;2*1H. The molecule has 2 rings (SSSR count). The first-order chi connectivity index (χ1) is 11.2. The fraction of sp³-hybridized carbons (Fsp3) is 0.611. The van der Waals surface area contributed by atoms with E-state index in [1.165, 1.54) is 0 Å². The molecule has 0 bridgehead atoms. The van der Waals surface area contributed by atoms with E-state index < -0.39 is 0 Å². The zero-order valence-corrected chi connectivity index (χ0v) is 16.8. The van der Waals surface area contributed by atoms with Gasteiger partial charge in [0.25, 0.3) is 0 Å². The van der Waals surface area contributed by atoms with Gasteiger partial charge < -0.3 is 15.4 Å². The number of hydrogen-bond donors (Lipinski definition) is 1. The molecule has 1 fully saturated rings. The van der Waals surface area contributed by atoms with E-state index in [9.17, 15) is 4.79 Å². The van der Waals surface area contributed by atoms with Crippen LogP contribution in [0, 0.1) is 0 Å². The minimum Gasteiger partial charge on any atom is -0.399 e. The predicted molar refractivity (Wildman–Crippen MR) is 108 cm³/mol. The van der Waals surface area contributed by atoms with E-state index in [0.717, 1.165) is 50.5 Å². The van der Waals surface area contributed by atoms with Crippen LogP contribution in [-0.4, -0.2) is 61.6 Å². The highest BCUT2D eigenvalue weighted by molar-refractivity contribution is 5.85. The zero-order chi connectivity index (χ0) is 16.7. The first kappa shape index (κ1) is 24.0. The molecule has 1 aliphatic rings. The van der Waals surface area contributed by atoms with Crippen molar-refractivity contribution >= 4 is 36.4 Å². The number of para-hydroxylation sites is 1. The average Bonchev–Trinajstić information content (AvgIpc) is 2.58. The second-order valence-electron chi connectivity index (χ2n) is 6.13. The highest BCUT2D eigenvalue weighted by Gasteiger charge is 2.27. The molecule has 1 aromatic carbocycles. The topological polar surface area (TPSA) is 58.8 Å². The number of rotatable bonds is 7. The van der Waals surface area contributed by atoms with Crippen molar-refractivity contribution in [3.8, 4) is 0 Å². The van der Waals surface area contributed by atoms with Gasteiger partial charge in [-0.1, -0.05) is 25.1 Å². The number of benzene rings is 1. The monoisotopic (exact) mass is 391 g/mol. The van der Waals surface area contributed by atoms with Crippen LogP contribution < -0.4 is 5.73 Å². The van der Waals surface area contributed by atoms with E-state index in [-0.39, 0.29) is 30.7 Å². The Morgan fingerprint density at radius 2 is 2.00 bits per heavy atom. The third-order valence-electron chi connectivity index (χ3n) is 4.67. The molecular weight excluding hydrogens is 361 g/mol. The summed E-state index contributed by atoms with van der Waals surface area (Å²) in [5, 5.41) is 0. The Morgan fingerprint density at radius 3 is 2.64 bits per heavy atom. The highest BCUT2D eigenvalue weighted by atomic mass is 35.5. The number of hydrogen-bond acceptors (Lipinski definition) is 4. The molecule has 1 amide bonds. The maximum absolute atomic E-state index is 12.5. The van der Waals surface area contributed by atoms with Gasteiger partial charge in [-0.15, -0.1) is 24.8 Å². The number of carbonyl (C=O) groups excluding carboxylic acids is 1. The summed E-state index contributed by atoms with van der Waals surface area (Å²) in [4.78, 5) is 17.0. The molecule has 1 atom stereocenters. The number of nitrogen functional groups attached to an aromatic ring is 1. The molecule has 0 saturated carbocycles. The van der Waals surface area contributed by atoms with Crippen molar-refractivity contribution in [1.82, 2.24) is 9.80 Å². The fourth-order valence-electron chi connectivity index (χ4n) is 3.17. The van der Waals surface area contributed by atoms with Crippen LogP contribution in [0.15, 0.2) is 24.3 Å². The van der Waals surface area contributed by atoms with Crippen molar-refractivity contribution in [2.45, 2.75) is 32.2 Å². The Morgan fingerprint density at radius 1 is 1.28 bits per heavy atom. The lowest BCUT2D eigenvalue weighted by Crippen LogP contribution is -2.55. The van der Waals surface area contributed by atoms with Crippen LogP contribution in [0.1, 0.15) is 25.3 Å². The molecule has 7 heteroatoms. The largest absolute Gasteiger partial charge is 0.399 e. The van der Waals surface area contributed by atoms with Crippen LogP contribution in [0.25, 0.3) is 0 Å². The van der Waals surface area contributed by atoms with Crippen molar-refractivity contribution in [3.63, 3.8) is 0 Å². The van der Waals surface area contributed by atoms with Gasteiger partial charge in [0.2, 0.25) is 5.91 Å². The Bertz CT molecular complexity index is 517. The van der Waals surface area contributed by atoms with Crippen LogP contribution in [0.3, 0.4) is 0 Å². The van der Waals surface area contributed by atoms with Crippen molar-refractivity contribution in [1.29, 1.82) is 0 Å². The summed E-state index contributed by atoms with van der Waals surface area (Å²) < 4.78 is 5.18. The number of methoxy groups -OCH3 is 1. The first-order valence-electron chi connectivity index (χ1n) is 8.49. The summed E-state index contributed by atoms with van der Waals surface area (Å²) in [6.45, 7) is 6.44. The van der Waals surface area contributed by atoms with E-state index in [2.05, 4.69) is 11.8 Å². The Kier molecular flexibility index (Phi) is 11.9. The third kappa shape index (κ3) is 7.02. The lowest BCUT2D eigenvalue weighted by atomic mass is 10.1. The van der Waals surface area contributed by atoms with Crippen molar-refractivity contribution < 1.29 is 9.53 Å². The summed E-state index contributed by atoms with van der Waals surface area (Å²) in [5.41, 5.74) is 7.79. The van der Waals surface area contributed by atoms with Gasteiger partial charge in [0, 0.05) is 51.4 Å². The lowest BCUT2D eigenvalue weighted by Gasteiger charge is -2.41. The van der Waals surface area contributed by atoms with Crippen molar-refractivity contribution in [3.05, 3.63) is 29.8 Å². The summed E-state index contributed by atoms with van der Waals surface area (Å²) >= 11 is 0. The molecule has 144 valence electrons. The van der Waals surface area contributed by atoms with Crippen LogP contribution in [0.2, 0.25) is 0 Å². The Labute approximate surface area is 163 Å². The second kappa shape index (κ2) is 12.4. The van der Waals surface area contributed by atoms with Crippen molar-refractivity contribution in [2.75, 3.05) is 45.6 Å². The highest BCUT2D eigenvalue weighted by Crippen LogP contribution is 2.16. The zero-order valence-electron chi connectivity index (χ0n) is 15.1. The van der Waals surface area contributed by atoms with Gasteiger partial charge in [-0.05, 0) is 24.5 Å². The second-order valence-corrected chi connectivity index (χ2v) is 6.13. The summed E-state index contributed by atoms with van der Waals surface area (Å²) in [6, 6.07) is 8.22.